The number of nitrogens with two attached hydrogens (primary N) is 1. The maximum Gasteiger partial charge on any atom is 0.0309 e. The lowest BCUT2D eigenvalue weighted by Gasteiger charge is -2.51. The van der Waals surface area contributed by atoms with Gasteiger partial charge in [-0.1, -0.05) is 26.2 Å². The highest BCUT2D eigenvalue weighted by atomic mass is 15.2. The number of hydrogen-bond acceptors (Lipinski definition) is 2. The lowest BCUT2D eigenvalue weighted by molar-refractivity contribution is -0.00635. The molecule has 1 saturated heterocycles. The zero-order valence-corrected chi connectivity index (χ0v) is 11.9. The van der Waals surface area contributed by atoms with Gasteiger partial charge in [-0.25, -0.2) is 0 Å². The average molecular weight is 238 g/mol. The smallest absolute Gasteiger partial charge is 0.0309 e. The van der Waals surface area contributed by atoms with E-state index in [1.165, 1.54) is 45.1 Å². The largest absolute Gasteiger partial charge is 0.329 e. The Morgan fingerprint density at radius 1 is 1.18 bits per heavy atom. The van der Waals surface area contributed by atoms with Crippen molar-refractivity contribution in [2.24, 2.45) is 17.6 Å². The summed E-state index contributed by atoms with van der Waals surface area (Å²) in [5.41, 5.74) is 6.38. The first kappa shape index (κ1) is 13.4. The summed E-state index contributed by atoms with van der Waals surface area (Å²) >= 11 is 0. The Balaban J connectivity index is 2.03. The number of hydrogen-bond donors (Lipinski definition) is 1. The second kappa shape index (κ2) is 5.27. The maximum absolute atomic E-state index is 6.13. The molecule has 2 rings (SSSR count). The summed E-state index contributed by atoms with van der Waals surface area (Å²) in [6.07, 6.45) is 8.38. The van der Waals surface area contributed by atoms with Crippen LogP contribution in [0.25, 0.3) is 0 Å². The Morgan fingerprint density at radius 3 is 2.41 bits per heavy atom. The van der Waals surface area contributed by atoms with Gasteiger partial charge >= 0.3 is 0 Å². The van der Waals surface area contributed by atoms with Gasteiger partial charge in [0.2, 0.25) is 0 Å². The minimum atomic E-state index is 0.249. The topological polar surface area (TPSA) is 29.3 Å². The summed E-state index contributed by atoms with van der Waals surface area (Å²) in [5.74, 6) is 1.78. The van der Waals surface area contributed by atoms with Crippen molar-refractivity contribution in [3.8, 4) is 0 Å². The molecule has 1 aliphatic heterocycles. The molecule has 0 bridgehead atoms. The fraction of sp³-hybridized carbons (Fsp3) is 1.00. The molecule has 2 nitrogen and oxygen atoms in total. The summed E-state index contributed by atoms with van der Waals surface area (Å²) in [6, 6.07) is 0.706. The predicted octanol–water partition coefficient (Wildman–Crippen LogP) is 3.01. The quantitative estimate of drug-likeness (QED) is 0.816. The molecule has 3 atom stereocenters. The van der Waals surface area contributed by atoms with Crippen LogP contribution < -0.4 is 5.73 Å². The van der Waals surface area contributed by atoms with Crippen LogP contribution in [0.2, 0.25) is 0 Å². The Hall–Kier alpha value is -0.0800. The van der Waals surface area contributed by atoms with Crippen LogP contribution in [0.15, 0.2) is 0 Å². The Bertz CT molecular complexity index is 249. The molecule has 2 heteroatoms. The molecule has 2 aliphatic rings. The van der Waals surface area contributed by atoms with Gasteiger partial charge in [-0.2, -0.15) is 0 Å². The molecule has 17 heavy (non-hydrogen) atoms. The van der Waals surface area contributed by atoms with Gasteiger partial charge in [0, 0.05) is 18.1 Å². The van der Waals surface area contributed by atoms with Gasteiger partial charge in [-0.05, 0) is 51.5 Å². The molecule has 1 heterocycles. The molecule has 0 aromatic heterocycles. The Kier molecular flexibility index (Phi) is 4.14. The molecule has 100 valence electrons. The monoisotopic (exact) mass is 238 g/mol. The van der Waals surface area contributed by atoms with Gasteiger partial charge in [-0.3, -0.25) is 4.90 Å². The van der Waals surface area contributed by atoms with Crippen molar-refractivity contribution in [3.05, 3.63) is 0 Å². The predicted molar refractivity (Wildman–Crippen MR) is 74.0 cm³/mol. The third-order valence-electron chi connectivity index (χ3n) is 5.46. The maximum atomic E-state index is 6.13. The highest BCUT2D eigenvalue weighted by Crippen LogP contribution is 2.38. The lowest BCUT2D eigenvalue weighted by Crippen LogP contribution is -2.59. The zero-order valence-electron chi connectivity index (χ0n) is 11.9. The third-order valence-corrected chi connectivity index (χ3v) is 5.46. The molecule has 0 aromatic rings. The summed E-state index contributed by atoms with van der Waals surface area (Å²) in [5, 5.41) is 0. The van der Waals surface area contributed by atoms with E-state index in [0.29, 0.717) is 6.04 Å². The lowest BCUT2D eigenvalue weighted by atomic mass is 9.74. The fourth-order valence-electron chi connectivity index (χ4n) is 3.73. The molecule has 0 radical (unpaired) electrons. The third kappa shape index (κ3) is 2.68. The molecule has 0 spiro atoms. The van der Waals surface area contributed by atoms with Crippen molar-refractivity contribution < 1.29 is 0 Å². The molecular weight excluding hydrogens is 208 g/mol. The fourth-order valence-corrected chi connectivity index (χ4v) is 3.73. The highest BCUT2D eigenvalue weighted by molar-refractivity contribution is 4.96. The van der Waals surface area contributed by atoms with E-state index >= 15 is 0 Å². The summed E-state index contributed by atoms with van der Waals surface area (Å²) < 4.78 is 0. The number of piperidine rings is 1. The van der Waals surface area contributed by atoms with E-state index in [1.54, 1.807) is 0 Å². The van der Waals surface area contributed by atoms with Gasteiger partial charge in [0.25, 0.3) is 0 Å². The van der Waals surface area contributed by atoms with Crippen LogP contribution in [0.3, 0.4) is 0 Å². The highest BCUT2D eigenvalue weighted by Gasteiger charge is 2.39. The van der Waals surface area contributed by atoms with Crippen LogP contribution in [-0.4, -0.2) is 29.6 Å². The van der Waals surface area contributed by atoms with Crippen molar-refractivity contribution in [2.45, 2.75) is 70.9 Å². The van der Waals surface area contributed by atoms with E-state index in [9.17, 15) is 0 Å². The molecule has 0 aromatic carbocycles. The van der Waals surface area contributed by atoms with Crippen molar-refractivity contribution in [2.75, 3.05) is 13.1 Å². The molecule has 2 fully saturated rings. The van der Waals surface area contributed by atoms with Crippen LogP contribution in [0.5, 0.6) is 0 Å². The Labute approximate surface area is 107 Å². The van der Waals surface area contributed by atoms with Gasteiger partial charge in [-0.15, -0.1) is 0 Å². The van der Waals surface area contributed by atoms with Gasteiger partial charge in [0.15, 0.2) is 0 Å². The number of rotatable bonds is 4. The van der Waals surface area contributed by atoms with Crippen molar-refractivity contribution in [1.82, 2.24) is 4.90 Å². The van der Waals surface area contributed by atoms with Crippen LogP contribution in [0, 0.1) is 11.8 Å². The SMILES string of the molecule is CC1CCCN(C(C)(CN)CC2CCC2)C1C. The van der Waals surface area contributed by atoms with E-state index in [-0.39, 0.29) is 5.54 Å². The van der Waals surface area contributed by atoms with E-state index in [2.05, 4.69) is 25.7 Å². The van der Waals surface area contributed by atoms with Gasteiger partial charge in [0.05, 0.1) is 0 Å². The van der Waals surface area contributed by atoms with E-state index in [4.69, 9.17) is 5.73 Å². The summed E-state index contributed by atoms with van der Waals surface area (Å²) in [4.78, 5) is 2.72. The van der Waals surface area contributed by atoms with Crippen molar-refractivity contribution in [1.29, 1.82) is 0 Å². The first-order valence-electron chi connectivity index (χ1n) is 7.53. The molecule has 1 aliphatic carbocycles. The summed E-state index contributed by atoms with van der Waals surface area (Å²) in [6.45, 7) is 9.28. The minimum absolute atomic E-state index is 0.249. The van der Waals surface area contributed by atoms with Gasteiger partial charge < -0.3 is 5.73 Å². The van der Waals surface area contributed by atoms with Crippen molar-refractivity contribution >= 4 is 0 Å². The molecule has 2 N–H and O–H groups in total. The van der Waals surface area contributed by atoms with E-state index in [0.717, 1.165) is 18.4 Å². The van der Waals surface area contributed by atoms with Crippen LogP contribution in [0.4, 0.5) is 0 Å². The van der Waals surface area contributed by atoms with Crippen molar-refractivity contribution in [3.63, 3.8) is 0 Å². The number of likely N-dealkylation sites (tertiary alicyclic amines) is 1. The second-order valence-electron chi connectivity index (χ2n) is 6.76. The molecular formula is C15H30N2. The Morgan fingerprint density at radius 2 is 1.88 bits per heavy atom. The minimum Gasteiger partial charge on any atom is -0.329 e. The number of nitrogens with zero attached hydrogens (tertiary/aromatic N) is 1. The molecule has 3 unspecified atom stereocenters. The average Bonchev–Trinajstić information content (AvgIpc) is 2.27. The first-order valence-corrected chi connectivity index (χ1v) is 7.53. The van der Waals surface area contributed by atoms with Crippen LogP contribution >= 0.6 is 0 Å². The standard InChI is InChI=1S/C15H30N2/c1-12-6-5-9-17(13(12)2)15(3,11-16)10-14-7-4-8-14/h12-14H,4-11,16H2,1-3H3. The molecule has 0 amide bonds. The molecule has 1 saturated carbocycles. The summed E-state index contributed by atoms with van der Waals surface area (Å²) in [7, 11) is 0. The van der Waals surface area contributed by atoms with Crippen LogP contribution in [0.1, 0.15) is 59.3 Å². The zero-order chi connectivity index (χ0) is 12.5. The first-order chi connectivity index (χ1) is 8.07. The van der Waals surface area contributed by atoms with Gasteiger partial charge in [0.1, 0.15) is 0 Å². The van der Waals surface area contributed by atoms with E-state index < -0.39 is 0 Å². The van der Waals surface area contributed by atoms with E-state index in [1.807, 2.05) is 0 Å². The second-order valence-corrected chi connectivity index (χ2v) is 6.76. The van der Waals surface area contributed by atoms with Crippen LogP contribution in [-0.2, 0) is 0 Å². The normalized spacial score (nSPS) is 35.3.